The molecule has 15 heteroatoms. The molecule has 3 aliphatic carbocycles. The average Bonchev–Trinajstić information content (AvgIpc) is 3.01. The second-order valence-electron chi connectivity index (χ2n) is 13.4. The lowest BCUT2D eigenvalue weighted by Crippen LogP contribution is -2.80. The monoisotopic (exact) mass is 680 g/mol. The number of hydrogen-bond acceptors (Lipinski definition) is 12. The summed E-state index contributed by atoms with van der Waals surface area (Å²) in [5.41, 5.74) is 11.7. The van der Waals surface area contributed by atoms with Crippen LogP contribution in [0.5, 0.6) is 5.75 Å². The Labute approximate surface area is 286 Å². The Balaban J connectivity index is 1.53. The van der Waals surface area contributed by atoms with Crippen LogP contribution in [0.4, 0.5) is 21.9 Å². The predicted octanol–water partition coefficient (Wildman–Crippen LogP) is 1.77. The summed E-state index contributed by atoms with van der Waals surface area (Å²) in [5.74, 6) is -6.34. The van der Waals surface area contributed by atoms with Gasteiger partial charge in [-0.05, 0) is 50.0 Å². The van der Waals surface area contributed by atoms with Crippen molar-refractivity contribution in [3.05, 3.63) is 76.6 Å². The van der Waals surface area contributed by atoms with E-state index in [4.69, 9.17) is 17.2 Å². The lowest BCUT2D eigenvalue weighted by atomic mass is 9.47. The van der Waals surface area contributed by atoms with Gasteiger partial charge in [0.05, 0.1) is 45.7 Å². The number of phenols is 1. The van der Waals surface area contributed by atoms with E-state index in [9.17, 15) is 39.8 Å². The van der Waals surface area contributed by atoms with Crippen LogP contribution in [0, 0.1) is 16.7 Å². The second-order valence-corrected chi connectivity index (χ2v) is 13.4. The van der Waals surface area contributed by atoms with E-state index >= 15 is 0 Å². The van der Waals surface area contributed by atoms with E-state index in [2.05, 4.69) is 10.6 Å². The van der Waals surface area contributed by atoms with Gasteiger partial charge in [-0.15, -0.1) is 0 Å². The number of anilines is 3. The van der Waals surface area contributed by atoms with Crippen LogP contribution in [0.25, 0.3) is 16.5 Å². The molecular formula is C35H36N8O7. The van der Waals surface area contributed by atoms with Crippen molar-refractivity contribution in [2.24, 2.45) is 22.6 Å². The number of urea groups is 1. The number of rotatable bonds is 5. The van der Waals surface area contributed by atoms with Gasteiger partial charge < -0.3 is 48.1 Å². The number of amides is 3. The van der Waals surface area contributed by atoms with Crippen molar-refractivity contribution >= 4 is 57.1 Å². The fourth-order valence-corrected chi connectivity index (χ4v) is 7.98. The highest BCUT2D eigenvalue weighted by Gasteiger charge is 2.74. The Kier molecular flexibility index (Phi) is 7.67. The minimum Gasteiger partial charge on any atom is -0.509 e. The van der Waals surface area contributed by atoms with Crippen LogP contribution in [0.3, 0.4) is 0 Å². The molecule has 0 bridgehead atoms. The van der Waals surface area contributed by atoms with Crippen molar-refractivity contribution in [2.45, 2.75) is 30.0 Å². The largest absolute Gasteiger partial charge is 0.509 e. The van der Waals surface area contributed by atoms with E-state index < -0.39 is 80.9 Å². The number of likely N-dealkylation sites (N-methyl/N-ethyl adjacent to an activating group) is 1. The van der Waals surface area contributed by atoms with Crippen molar-refractivity contribution in [1.29, 1.82) is 5.26 Å². The van der Waals surface area contributed by atoms with Crippen LogP contribution >= 0.6 is 0 Å². The number of aromatic hydroxyl groups is 1. The third-order valence-corrected chi connectivity index (χ3v) is 9.99. The number of ketones is 2. The highest BCUT2D eigenvalue weighted by atomic mass is 16.3. The van der Waals surface area contributed by atoms with Crippen LogP contribution in [-0.2, 0) is 20.8 Å². The lowest BCUT2D eigenvalue weighted by molar-refractivity contribution is -0.139. The predicted molar refractivity (Wildman–Crippen MR) is 185 cm³/mol. The van der Waals surface area contributed by atoms with Gasteiger partial charge in [0, 0.05) is 25.2 Å². The van der Waals surface area contributed by atoms with Crippen molar-refractivity contribution < 1.29 is 34.5 Å². The molecule has 1 fully saturated rings. The number of Topliss-reactive ketones (excluding diaryl/α,β-unsaturated/α-hetero) is 2. The van der Waals surface area contributed by atoms with E-state index in [1.807, 2.05) is 30.3 Å². The summed E-state index contributed by atoms with van der Waals surface area (Å²) in [6, 6.07) is 13.8. The number of carbonyl (C=O) groups is 4. The van der Waals surface area contributed by atoms with Gasteiger partial charge in [-0.1, -0.05) is 36.4 Å². The molecule has 0 saturated heterocycles. The highest BCUT2D eigenvalue weighted by Crippen LogP contribution is 2.59. The normalized spacial score (nSPS) is 25.8. The van der Waals surface area contributed by atoms with Crippen molar-refractivity contribution in [1.82, 2.24) is 4.90 Å². The number of nitrogens with zero attached hydrogens (tertiary/aromatic N) is 3. The number of aliphatic hydroxyl groups is 2. The van der Waals surface area contributed by atoms with Gasteiger partial charge in [-0.2, -0.15) is 5.26 Å². The molecule has 258 valence electrons. The quantitative estimate of drug-likeness (QED) is 0.142. The van der Waals surface area contributed by atoms with E-state index in [-0.39, 0.29) is 23.2 Å². The summed E-state index contributed by atoms with van der Waals surface area (Å²) in [5, 5.41) is 52.6. The molecule has 3 aromatic carbocycles. The standard InChI is InChI=1S/C35H36N8O7/c1-42(2)21-12-20(41-32(50)40-19-11-7-9-16-8-5-6-10-17(16)19)25(44)22-18(21)13-33(38)14-35(39)28(43(3)4)27(46)23(31(37)49)29(47)34(35,15-36)30(48)24(33)26(22)45/h5-12,28,44-45,47H,13-14,38-39H2,1-4H3,(H2,37,49)(H2,40,41,50)/t28-,33-,34+,35-/m1/s1. The number of primary amides is 1. The van der Waals surface area contributed by atoms with E-state index in [0.717, 1.165) is 10.8 Å². The Morgan fingerprint density at radius 1 is 0.980 bits per heavy atom. The zero-order valence-corrected chi connectivity index (χ0v) is 27.7. The van der Waals surface area contributed by atoms with Crippen LogP contribution in [0.15, 0.2) is 65.4 Å². The minimum atomic E-state index is -2.79. The first-order chi connectivity index (χ1) is 23.4. The first-order valence-corrected chi connectivity index (χ1v) is 15.5. The molecular weight excluding hydrogens is 644 g/mol. The van der Waals surface area contributed by atoms with Crippen molar-refractivity contribution in [3.8, 4) is 11.8 Å². The first kappa shape index (κ1) is 33.9. The number of carbonyl (C=O) groups excluding carboxylic acids is 4. The van der Waals surface area contributed by atoms with Crippen molar-refractivity contribution in [2.75, 3.05) is 43.7 Å². The maximum atomic E-state index is 14.7. The molecule has 0 radical (unpaired) electrons. The highest BCUT2D eigenvalue weighted by molar-refractivity contribution is 6.25. The van der Waals surface area contributed by atoms with Gasteiger partial charge in [-0.3, -0.25) is 19.3 Å². The van der Waals surface area contributed by atoms with Gasteiger partial charge in [0.2, 0.25) is 0 Å². The molecule has 1 saturated carbocycles. The van der Waals surface area contributed by atoms with E-state index in [1.165, 1.54) is 25.1 Å². The zero-order valence-electron chi connectivity index (χ0n) is 27.7. The number of nitrogens with two attached hydrogens (primary N) is 3. The fourth-order valence-electron chi connectivity index (χ4n) is 7.98. The maximum absolute atomic E-state index is 14.7. The van der Waals surface area contributed by atoms with Crippen LogP contribution in [0.2, 0.25) is 0 Å². The molecule has 3 aliphatic rings. The van der Waals surface area contributed by atoms with Crippen LogP contribution in [-0.4, -0.2) is 89.0 Å². The third kappa shape index (κ3) is 4.46. The number of phenolic OH excluding ortho intramolecular Hbond substituents is 1. The van der Waals surface area contributed by atoms with E-state index in [1.54, 1.807) is 37.2 Å². The van der Waals surface area contributed by atoms with Gasteiger partial charge in [0.25, 0.3) is 5.91 Å². The molecule has 0 spiro atoms. The molecule has 0 heterocycles. The zero-order chi connectivity index (χ0) is 36.7. The lowest BCUT2D eigenvalue weighted by Gasteiger charge is -2.58. The van der Waals surface area contributed by atoms with Gasteiger partial charge in [0.1, 0.15) is 17.1 Å². The molecule has 0 aliphatic heterocycles. The number of nitriles is 1. The summed E-state index contributed by atoms with van der Waals surface area (Å²) < 4.78 is 0. The Morgan fingerprint density at radius 2 is 1.62 bits per heavy atom. The fraction of sp³-hybridized carbons (Fsp3) is 0.286. The Morgan fingerprint density at radius 3 is 2.24 bits per heavy atom. The molecule has 11 N–H and O–H groups in total. The van der Waals surface area contributed by atoms with Crippen molar-refractivity contribution in [3.63, 3.8) is 0 Å². The summed E-state index contributed by atoms with van der Waals surface area (Å²) in [7, 11) is 6.25. The molecule has 3 amide bonds. The van der Waals surface area contributed by atoms with Crippen LogP contribution in [0.1, 0.15) is 17.5 Å². The Bertz CT molecular complexity index is 2160. The van der Waals surface area contributed by atoms with Gasteiger partial charge >= 0.3 is 6.03 Å². The number of hydrogen-bond donors (Lipinski definition) is 8. The van der Waals surface area contributed by atoms with E-state index in [0.29, 0.717) is 11.4 Å². The molecule has 3 aromatic rings. The molecule has 15 nitrogen and oxygen atoms in total. The minimum absolute atomic E-state index is 0.136. The second kappa shape index (κ2) is 11.3. The Hall–Kier alpha value is -5.95. The van der Waals surface area contributed by atoms with Gasteiger partial charge in [-0.25, -0.2) is 4.79 Å². The molecule has 0 aromatic heterocycles. The smallest absolute Gasteiger partial charge is 0.323 e. The number of benzene rings is 3. The number of aliphatic hydroxyl groups excluding tert-OH is 2. The first-order valence-electron chi connectivity index (χ1n) is 15.5. The summed E-state index contributed by atoms with van der Waals surface area (Å²) in [6.45, 7) is 0. The molecule has 4 atom stereocenters. The average molecular weight is 681 g/mol. The molecule has 6 rings (SSSR count). The maximum Gasteiger partial charge on any atom is 0.323 e. The summed E-state index contributed by atoms with van der Waals surface area (Å²) >= 11 is 0. The SMILES string of the molecule is CN(C)c1cc(NC(=O)Nc2cccc3ccccc23)c(O)c2c1C[C@@]1(N)C[C@@]3(N)[C@H](N(C)C)C(=O)C(C(N)=O)=C(O)[C@@]3(C#N)C(=O)C1=C2O. The summed E-state index contributed by atoms with van der Waals surface area (Å²) in [4.78, 5) is 57.0. The molecule has 50 heavy (non-hydrogen) atoms. The topological polar surface area (TPSA) is 261 Å². The van der Waals surface area contributed by atoms with Crippen LogP contribution < -0.4 is 32.7 Å². The summed E-state index contributed by atoms with van der Waals surface area (Å²) in [6.07, 6.45) is -0.747. The van der Waals surface area contributed by atoms with Gasteiger partial charge in [0.15, 0.2) is 22.7 Å². The number of fused-ring (bicyclic) bond motifs is 4. The third-order valence-electron chi connectivity index (χ3n) is 9.99. The molecule has 0 unspecified atom stereocenters. The number of nitrogens with one attached hydrogen (secondary N) is 2.